The number of rotatable bonds is 4. The van der Waals surface area contributed by atoms with Crippen LogP contribution >= 0.6 is 0 Å². The molecule has 7 heteroatoms. The second-order valence-electron chi connectivity index (χ2n) is 5.13. The number of nitrogens with one attached hydrogen (secondary N) is 1. The van der Waals surface area contributed by atoms with Crippen molar-refractivity contribution in [2.75, 3.05) is 12.3 Å². The molecule has 4 N–H and O–H groups in total. The Morgan fingerprint density at radius 1 is 1.41 bits per heavy atom. The van der Waals surface area contributed by atoms with Gasteiger partial charge in [-0.1, -0.05) is 16.8 Å². The minimum Gasteiger partial charge on any atom is -0.396 e. The average molecular weight is 300 g/mol. The van der Waals surface area contributed by atoms with Crippen LogP contribution in [0.3, 0.4) is 0 Å². The highest BCUT2D eigenvalue weighted by Crippen LogP contribution is 2.28. The molecule has 0 unspecified atom stereocenters. The van der Waals surface area contributed by atoms with Gasteiger partial charge in [-0.3, -0.25) is 4.79 Å². The van der Waals surface area contributed by atoms with Crippen molar-refractivity contribution in [3.63, 3.8) is 0 Å². The van der Waals surface area contributed by atoms with Gasteiger partial charge in [-0.05, 0) is 31.9 Å². The summed E-state index contributed by atoms with van der Waals surface area (Å²) in [5.41, 5.74) is 8.19. The van der Waals surface area contributed by atoms with E-state index in [1.54, 1.807) is 12.1 Å². The predicted octanol–water partition coefficient (Wildman–Crippen LogP) is 1.39. The molecule has 0 aliphatic rings. The van der Waals surface area contributed by atoms with E-state index in [0.717, 1.165) is 5.56 Å². The highest BCUT2D eigenvalue weighted by molar-refractivity contribution is 5.81. The Balaban J connectivity index is 2.17. The number of benzene rings is 1. The van der Waals surface area contributed by atoms with E-state index in [-0.39, 0.29) is 18.1 Å². The first-order valence-corrected chi connectivity index (χ1v) is 6.96. The van der Waals surface area contributed by atoms with E-state index in [1.807, 2.05) is 13.0 Å². The predicted molar refractivity (Wildman–Crippen MR) is 82.4 cm³/mol. The van der Waals surface area contributed by atoms with Crippen LogP contribution in [0.15, 0.2) is 27.5 Å². The average Bonchev–Trinajstić information content (AvgIpc) is 2.86. The third-order valence-electron chi connectivity index (χ3n) is 3.46. The highest BCUT2D eigenvalue weighted by atomic mass is 16.5. The first-order valence-electron chi connectivity index (χ1n) is 6.96. The Morgan fingerprint density at radius 3 is 3.00 bits per heavy atom. The largest absolute Gasteiger partial charge is 0.396 e. The first-order chi connectivity index (χ1) is 10.6. The summed E-state index contributed by atoms with van der Waals surface area (Å²) in [4.78, 5) is 19.4. The summed E-state index contributed by atoms with van der Waals surface area (Å²) >= 11 is 0. The summed E-state index contributed by atoms with van der Waals surface area (Å²) in [5.74, 6) is 0.426. The fraction of sp³-hybridized carbons (Fsp3) is 0.267. The molecule has 22 heavy (non-hydrogen) atoms. The quantitative estimate of drug-likeness (QED) is 0.670. The zero-order valence-electron chi connectivity index (χ0n) is 12.1. The molecule has 3 rings (SSSR count). The Morgan fingerprint density at radius 2 is 2.23 bits per heavy atom. The number of aliphatic hydroxyl groups is 1. The van der Waals surface area contributed by atoms with Crippen molar-refractivity contribution in [3.8, 4) is 11.4 Å². The lowest BCUT2D eigenvalue weighted by Gasteiger charge is -2.04. The van der Waals surface area contributed by atoms with E-state index in [2.05, 4.69) is 15.1 Å². The fourth-order valence-corrected chi connectivity index (χ4v) is 2.38. The molecule has 2 aromatic heterocycles. The smallest absolute Gasteiger partial charge is 0.259 e. The molecule has 0 radical (unpaired) electrons. The highest BCUT2D eigenvalue weighted by Gasteiger charge is 2.18. The number of aryl methyl sites for hydroxylation is 2. The third kappa shape index (κ3) is 2.46. The lowest BCUT2D eigenvalue weighted by atomic mass is 10.1. The fourth-order valence-electron chi connectivity index (χ4n) is 2.38. The van der Waals surface area contributed by atoms with Crippen LogP contribution in [0.5, 0.6) is 0 Å². The van der Waals surface area contributed by atoms with Gasteiger partial charge in [0.1, 0.15) is 11.4 Å². The van der Waals surface area contributed by atoms with Gasteiger partial charge < -0.3 is 20.3 Å². The molecule has 0 saturated heterocycles. The molecular weight excluding hydrogens is 284 g/mol. The third-order valence-corrected chi connectivity index (χ3v) is 3.46. The number of H-pyrrole nitrogens is 1. The molecule has 0 spiro atoms. The van der Waals surface area contributed by atoms with Gasteiger partial charge in [0.2, 0.25) is 5.88 Å². The Kier molecular flexibility index (Phi) is 3.64. The van der Waals surface area contributed by atoms with Crippen molar-refractivity contribution in [2.45, 2.75) is 19.8 Å². The number of hydrogen-bond donors (Lipinski definition) is 3. The monoisotopic (exact) mass is 300 g/mol. The van der Waals surface area contributed by atoms with Crippen LogP contribution in [0, 0.1) is 6.92 Å². The molecule has 0 atom stereocenters. The van der Waals surface area contributed by atoms with Crippen LogP contribution in [0.2, 0.25) is 0 Å². The van der Waals surface area contributed by atoms with Crippen molar-refractivity contribution in [3.05, 3.63) is 39.8 Å². The molecule has 3 aromatic rings. The molecule has 0 aliphatic heterocycles. The summed E-state index contributed by atoms with van der Waals surface area (Å²) in [6, 6.07) is 5.47. The maximum absolute atomic E-state index is 12.3. The Hall–Kier alpha value is -2.67. The van der Waals surface area contributed by atoms with Gasteiger partial charge in [0.05, 0.1) is 16.6 Å². The topological polar surface area (TPSA) is 118 Å². The molecule has 0 saturated carbocycles. The van der Waals surface area contributed by atoms with E-state index in [1.165, 1.54) is 0 Å². The normalized spacial score (nSPS) is 11.2. The second-order valence-corrected chi connectivity index (χ2v) is 5.13. The zero-order chi connectivity index (χ0) is 15.7. The molecule has 0 amide bonds. The molecule has 0 bridgehead atoms. The van der Waals surface area contributed by atoms with Gasteiger partial charge in [0.15, 0.2) is 0 Å². The zero-order valence-corrected chi connectivity index (χ0v) is 12.1. The molecule has 114 valence electrons. The number of nitrogens with two attached hydrogens (primary N) is 1. The van der Waals surface area contributed by atoms with Gasteiger partial charge in [-0.2, -0.15) is 0 Å². The minimum atomic E-state index is -0.239. The maximum Gasteiger partial charge on any atom is 0.259 e. The summed E-state index contributed by atoms with van der Waals surface area (Å²) in [5, 5.41) is 13.3. The summed E-state index contributed by atoms with van der Waals surface area (Å²) < 4.78 is 5.00. The van der Waals surface area contributed by atoms with Crippen LogP contribution in [-0.4, -0.2) is 26.8 Å². The van der Waals surface area contributed by atoms with Crippen LogP contribution in [-0.2, 0) is 6.42 Å². The van der Waals surface area contributed by atoms with E-state index in [4.69, 9.17) is 15.4 Å². The van der Waals surface area contributed by atoms with Crippen molar-refractivity contribution >= 4 is 16.8 Å². The molecule has 0 fully saturated rings. The van der Waals surface area contributed by atoms with Gasteiger partial charge in [0.25, 0.3) is 5.56 Å². The number of anilines is 1. The molecule has 0 aliphatic carbocycles. The lowest BCUT2D eigenvalue weighted by molar-refractivity contribution is 0.287. The van der Waals surface area contributed by atoms with E-state index >= 15 is 0 Å². The number of aliphatic hydroxyl groups excluding tert-OH is 1. The van der Waals surface area contributed by atoms with Gasteiger partial charge in [-0.15, -0.1) is 0 Å². The molecular formula is C15H16N4O3. The summed E-state index contributed by atoms with van der Waals surface area (Å²) in [6.45, 7) is 1.95. The van der Waals surface area contributed by atoms with E-state index in [0.29, 0.717) is 40.8 Å². The number of hydrogen-bond acceptors (Lipinski definition) is 6. The Bertz CT molecular complexity index is 882. The van der Waals surface area contributed by atoms with E-state index < -0.39 is 0 Å². The van der Waals surface area contributed by atoms with Crippen molar-refractivity contribution in [1.29, 1.82) is 0 Å². The van der Waals surface area contributed by atoms with Gasteiger partial charge >= 0.3 is 0 Å². The number of nitrogen functional groups attached to an aromatic ring is 1. The van der Waals surface area contributed by atoms with Gasteiger partial charge in [0, 0.05) is 6.61 Å². The first kappa shape index (κ1) is 14.3. The number of aromatic amines is 1. The van der Waals surface area contributed by atoms with Crippen LogP contribution < -0.4 is 11.3 Å². The van der Waals surface area contributed by atoms with Crippen molar-refractivity contribution in [2.24, 2.45) is 0 Å². The summed E-state index contributed by atoms with van der Waals surface area (Å²) in [6.07, 6.45) is 1.01. The number of aromatic nitrogens is 3. The standard InChI is InChI=1S/C15H16N4O3/c1-8-4-5-10-9(7-8)15(21)18-14(17-10)12-11(3-2-6-20)19-22-13(12)16/h4-5,7,20H,2-3,6,16H2,1H3,(H,17,18,21). The van der Waals surface area contributed by atoms with Crippen LogP contribution in [0.1, 0.15) is 17.7 Å². The Labute approximate surface area is 125 Å². The number of nitrogens with zero attached hydrogens (tertiary/aromatic N) is 2. The number of fused-ring (bicyclic) bond motifs is 1. The minimum absolute atomic E-state index is 0.0349. The van der Waals surface area contributed by atoms with Crippen LogP contribution in [0.4, 0.5) is 5.88 Å². The SMILES string of the molecule is Cc1ccc2nc(-c3c(CCCO)noc3N)[nH]c(=O)c2c1. The van der Waals surface area contributed by atoms with Gasteiger partial charge in [-0.25, -0.2) is 4.98 Å². The van der Waals surface area contributed by atoms with Crippen molar-refractivity contribution in [1.82, 2.24) is 15.1 Å². The lowest BCUT2D eigenvalue weighted by Crippen LogP contribution is -2.10. The second kappa shape index (κ2) is 5.61. The van der Waals surface area contributed by atoms with Crippen LogP contribution in [0.25, 0.3) is 22.3 Å². The molecule has 2 heterocycles. The maximum atomic E-state index is 12.3. The molecule has 1 aromatic carbocycles. The van der Waals surface area contributed by atoms with Crippen molar-refractivity contribution < 1.29 is 9.63 Å². The molecule has 7 nitrogen and oxygen atoms in total. The summed E-state index contributed by atoms with van der Waals surface area (Å²) in [7, 11) is 0. The van der Waals surface area contributed by atoms with E-state index in [9.17, 15) is 4.79 Å².